The van der Waals surface area contributed by atoms with Gasteiger partial charge in [-0.15, -0.1) is 0 Å². The monoisotopic (exact) mass is 280 g/mol. The van der Waals surface area contributed by atoms with Gasteiger partial charge in [-0.3, -0.25) is 0 Å². The first-order valence-electron chi connectivity index (χ1n) is 5.28. The average Bonchev–Trinajstić information content (AvgIpc) is 2.92. The van der Waals surface area contributed by atoms with Crippen LogP contribution in [0, 0.1) is 6.92 Å². The number of nitrogens with one attached hydrogen (secondary N) is 1. The topological polar surface area (TPSA) is 67.6 Å². The van der Waals surface area contributed by atoms with E-state index in [0.717, 1.165) is 16.2 Å². The van der Waals surface area contributed by atoms with Crippen LogP contribution in [0.2, 0.25) is 5.02 Å². The van der Waals surface area contributed by atoms with Crippen LogP contribution in [0.15, 0.2) is 27.9 Å². The number of aromatic nitrogens is 4. The first kappa shape index (κ1) is 11.6. The molecule has 2 aromatic heterocycles. The molecule has 0 aliphatic rings. The van der Waals surface area contributed by atoms with Crippen LogP contribution >= 0.6 is 23.4 Å². The predicted octanol–water partition coefficient (Wildman–Crippen LogP) is 3.20. The zero-order valence-electron chi connectivity index (χ0n) is 9.48. The van der Waals surface area contributed by atoms with E-state index in [4.69, 9.17) is 16.1 Å². The van der Waals surface area contributed by atoms with Crippen LogP contribution in [0.4, 0.5) is 0 Å². The average molecular weight is 281 g/mol. The normalized spacial score (nSPS) is 11.2. The second-order valence-corrected chi connectivity index (χ2v) is 5.13. The molecule has 0 saturated carbocycles. The van der Waals surface area contributed by atoms with Crippen molar-refractivity contribution in [3.05, 3.63) is 34.9 Å². The van der Waals surface area contributed by atoms with Crippen LogP contribution < -0.4 is 0 Å². The largest absolute Gasteiger partial charge is 0.338 e. The first-order chi connectivity index (χ1) is 8.70. The molecule has 0 aliphatic carbocycles. The summed E-state index contributed by atoms with van der Waals surface area (Å²) in [7, 11) is 0. The number of hydrogen-bond acceptors (Lipinski definition) is 5. The summed E-state index contributed by atoms with van der Waals surface area (Å²) in [5, 5.41) is 5.23. The molecule has 0 radical (unpaired) electrons. The summed E-state index contributed by atoms with van der Waals surface area (Å²) in [6.07, 6.45) is 0. The van der Waals surface area contributed by atoms with Crippen molar-refractivity contribution in [1.29, 1.82) is 0 Å². The number of aryl methyl sites for hydroxylation is 1. The third-order valence-electron chi connectivity index (χ3n) is 2.32. The second kappa shape index (κ2) is 4.62. The Morgan fingerprint density at radius 3 is 3.06 bits per heavy atom. The Hall–Kier alpha value is -1.53. The molecule has 0 atom stereocenters. The molecule has 3 rings (SSSR count). The Morgan fingerprint density at radius 2 is 2.28 bits per heavy atom. The fourth-order valence-electron chi connectivity index (χ4n) is 1.56. The van der Waals surface area contributed by atoms with Crippen LogP contribution in [-0.2, 0) is 5.75 Å². The quantitative estimate of drug-likeness (QED) is 0.746. The second-order valence-electron chi connectivity index (χ2n) is 3.73. The Kier molecular flexibility index (Phi) is 2.97. The van der Waals surface area contributed by atoms with Crippen LogP contribution in [0.1, 0.15) is 11.7 Å². The molecule has 0 unspecified atom stereocenters. The van der Waals surface area contributed by atoms with E-state index in [9.17, 15) is 0 Å². The molecule has 0 fully saturated rings. The summed E-state index contributed by atoms with van der Waals surface area (Å²) in [5.74, 6) is 1.83. The van der Waals surface area contributed by atoms with Crippen LogP contribution in [0.5, 0.6) is 0 Å². The highest BCUT2D eigenvalue weighted by atomic mass is 35.5. The lowest BCUT2D eigenvalue weighted by atomic mass is 10.3. The molecule has 0 saturated heterocycles. The molecular formula is C11H9ClN4OS. The number of aromatic amines is 1. The lowest BCUT2D eigenvalue weighted by molar-refractivity contribution is 0.387. The number of hydrogen-bond donors (Lipinski definition) is 1. The van der Waals surface area contributed by atoms with Gasteiger partial charge < -0.3 is 9.51 Å². The minimum atomic E-state index is 0.592. The number of fused-ring (bicyclic) bond motifs is 1. The maximum absolute atomic E-state index is 5.92. The first-order valence-corrected chi connectivity index (χ1v) is 6.64. The van der Waals surface area contributed by atoms with E-state index in [2.05, 4.69) is 20.1 Å². The van der Waals surface area contributed by atoms with Gasteiger partial charge in [0.2, 0.25) is 5.89 Å². The number of halogens is 1. The van der Waals surface area contributed by atoms with Gasteiger partial charge in [0.1, 0.15) is 0 Å². The van der Waals surface area contributed by atoms with E-state index < -0.39 is 0 Å². The maximum Gasteiger partial charge on any atom is 0.237 e. The number of thioether (sulfide) groups is 1. The van der Waals surface area contributed by atoms with Crippen molar-refractivity contribution >= 4 is 34.4 Å². The summed E-state index contributed by atoms with van der Waals surface area (Å²) >= 11 is 7.43. The maximum atomic E-state index is 5.92. The molecule has 1 N–H and O–H groups in total. The third-order valence-corrected chi connectivity index (χ3v) is 3.42. The van der Waals surface area contributed by atoms with Crippen LogP contribution in [-0.4, -0.2) is 20.1 Å². The number of rotatable bonds is 3. The number of H-pyrrole nitrogens is 1. The SMILES string of the molecule is Cc1noc(CSc2nc3ccc(Cl)cc3[nH]2)n1. The molecule has 0 aliphatic heterocycles. The van der Waals surface area contributed by atoms with E-state index in [1.54, 1.807) is 6.92 Å². The predicted molar refractivity (Wildman–Crippen MR) is 69.7 cm³/mol. The molecule has 3 aromatic rings. The molecule has 18 heavy (non-hydrogen) atoms. The van der Waals surface area contributed by atoms with Gasteiger partial charge in [-0.25, -0.2) is 4.98 Å². The molecule has 92 valence electrons. The van der Waals surface area contributed by atoms with Crippen molar-refractivity contribution in [2.24, 2.45) is 0 Å². The van der Waals surface area contributed by atoms with Gasteiger partial charge in [0.15, 0.2) is 11.0 Å². The standard InChI is InChI=1S/C11H9ClN4OS/c1-6-13-10(17-16-6)5-18-11-14-8-3-2-7(12)4-9(8)15-11/h2-4H,5H2,1H3,(H,14,15). The van der Waals surface area contributed by atoms with E-state index in [1.807, 2.05) is 18.2 Å². The van der Waals surface area contributed by atoms with Crippen LogP contribution in [0.25, 0.3) is 11.0 Å². The molecule has 5 nitrogen and oxygen atoms in total. The van der Waals surface area contributed by atoms with Gasteiger partial charge in [0, 0.05) is 5.02 Å². The van der Waals surface area contributed by atoms with Crippen molar-refractivity contribution < 1.29 is 4.52 Å². The summed E-state index contributed by atoms with van der Waals surface area (Å²) in [6.45, 7) is 1.79. The lowest BCUT2D eigenvalue weighted by Crippen LogP contribution is -1.82. The van der Waals surface area contributed by atoms with E-state index in [0.29, 0.717) is 22.5 Å². The lowest BCUT2D eigenvalue weighted by Gasteiger charge is -1.90. The van der Waals surface area contributed by atoms with Gasteiger partial charge in [-0.2, -0.15) is 4.98 Å². The Labute approximate surface area is 112 Å². The smallest absolute Gasteiger partial charge is 0.237 e. The Morgan fingerprint density at radius 1 is 1.39 bits per heavy atom. The summed E-state index contributed by atoms with van der Waals surface area (Å²) in [6, 6.07) is 5.56. The highest BCUT2D eigenvalue weighted by Gasteiger charge is 2.07. The summed E-state index contributed by atoms with van der Waals surface area (Å²) < 4.78 is 5.03. The van der Waals surface area contributed by atoms with E-state index in [1.165, 1.54) is 11.8 Å². The van der Waals surface area contributed by atoms with Crippen molar-refractivity contribution in [2.75, 3.05) is 0 Å². The summed E-state index contributed by atoms with van der Waals surface area (Å²) in [5.41, 5.74) is 1.82. The van der Waals surface area contributed by atoms with Crippen LogP contribution in [0.3, 0.4) is 0 Å². The van der Waals surface area contributed by atoms with Gasteiger partial charge in [-0.05, 0) is 25.1 Å². The van der Waals surface area contributed by atoms with Crippen molar-refractivity contribution in [3.63, 3.8) is 0 Å². The van der Waals surface area contributed by atoms with Gasteiger partial charge in [0.05, 0.1) is 16.8 Å². The molecule has 0 bridgehead atoms. The number of benzene rings is 1. The number of nitrogens with zero attached hydrogens (tertiary/aromatic N) is 3. The van der Waals surface area contributed by atoms with E-state index >= 15 is 0 Å². The minimum Gasteiger partial charge on any atom is -0.338 e. The van der Waals surface area contributed by atoms with Crippen molar-refractivity contribution in [1.82, 2.24) is 20.1 Å². The van der Waals surface area contributed by atoms with Gasteiger partial charge in [-0.1, -0.05) is 28.5 Å². The Bertz CT molecular complexity index is 693. The molecule has 7 heteroatoms. The fraction of sp³-hybridized carbons (Fsp3) is 0.182. The molecule has 1 aromatic carbocycles. The Balaban J connectivity index is 1.78. The molecule has 0 amide bonds. The zero-order valence-corrected chi connectivity index (χ0v) is 11.0. The molecule has 0 spiro atoms. The van der Waals surface area contributed by atoms with Crippen molar-refractivity contribution in [2.45, 2.75) is 17.8 Å². The fourth-order valence-corrected chi connectivity index (χ4v) is 2.45. The zero-order chi connectivity index (χ0) is 12.5. The van der Waals surface area contributed by atoms with Gasteiger partial charge >= 0.3 is 0 Å². The molecule has 2 heterocycles. The minimum absolute atomic E-state index is 0.592. The summed E-state index contributed by atoms with van der Waals surface area (Å²) in [4.78, 5) is 11.8. The number of imidazole rings is 1. The highest BCUT2D eigenvalue weighted by molar-refractivity contribution is 7.98. The highest BCUT2D eigenvalue weighted by Crippen LogP contribution is 2.24. The molecular weight excluding hydrogens is 272 g/mol. The van der Waals surface area contributed by atoms with Gasteiger partial charge in [0.25, 0.3) is 0 Å². The van der Waals surface area contributed by atoms with Crippen molar-refractivity contribution in [3.8, 4) is 0 Å². The van der Waals surface area contributed by atoms with E-state index in [-0.39, 0.29) is 0 Å². The third kappa shape index (κ3) is 2.34.